The molecule has 0 spiro atoms. The number of unbranched alkanes of at least 4 members (excludes halogenated alkanes) is 1. The van der Waals surface area contributed by atoms with E-state index in [9.17, 15) is 9.90 Å². The Morgan fingerprint density at radius 2 is 1.88 bits per heavy atom. The summed E-state index contributed by atoms with van der Waals surface area (Å²) >= 11 is 1.41. The van der Waals surface area contributed by atoms with Crippen molar-refractivity contribution in [2.45, 2.75) is 54.5 Å². The number of nitrogens with zero attached hydrogens (tertiary/aromatic N) is 3. The molecule has 5 atom stereocenters. The molecule has 0 saturated carbocycles. The van der Waals surface area contributed by atoms with Gasteiger partial charge in [-0.1, -0.05) is 66.6 Å². The van der Waals surface area contributed by atoms with E-state index in [0.717, 1.165) is 17.7 Å². The number of benzene rings is 2. The first-order valence-electron chi connectivity index (χ1n) is 10.6. The molecule has 2 aromatic rings. The minimum atomic E-state index is -1.19. The van der Waals surface area contributed by atoms with Crippen LogP contribution in [0.15, 0.2) is 70.7 Å². The smallest absolute Gasteiger partial charge is 0.338 e. The lowest BCUT2D eigenvalue weighted by molar-refractivity contribution is -0.175. The van der Waals surface area contributed by atoms with Gasteiger partial charge in [0.2, 0.25) is 0 Å². The lowest BCUT2D eigenvalue weighted by Gasteiger charge is -2.42. The van der Waals surface area contributed by atoms with Crippen LogP contribution in [0.4, 0.5) is 0 Å². The number of thioether (sulfide) groups is 1. The molecular weight excluding hydrogens is 430 g/mol. The van der Waals surface area contributed by atoms with Crippen molar-refractivity contribution >= 4 is 17.7 Å². The van der Waals surface area contributed by atoms with Crippen molar-refractivity contribution in [1.29, 1.82) is 0 Å². The van der Waals surface area contributed by atoms with Crippen LogP contribution < -0.4 is 0 Å². The van der Waals surface area contributed by atoms with Crippen LogP contribution in [0.2, 0.25) is 0 Å². The van der Waals surface area contributed by atoms with Gasteiger partial charge in [-0.15, -0.1) is 0 Å². The van der Waals surface area contributed by atoms with E-state index in [2.05, 4.69) is 10.0 Å². The third-order valence-electron chi connectivity index (χ3n) is 5.02. The first kappa shape index (κ1) is 24.1. The predicted octanol–water partition coefficient (Wildman–Crippen LogP) is 4.59. The maximum absolute atomic E-state index is 12.3. The third-order valence-corrected chi connectivity index (χ3v) is 6.18. The summed E-state index contributed by atoms with van der Waals surface area (Å²) in [7, 11) is 0. The summed E-state index contributed by atoms with van der Waals surface area (Å²) in [5.41, 5.74) is 8.96. The zero-order valence-corrected chi connectivity index (χ0v) is 18.6. The van der Waals surface area contributed by atoms with E-state index in [4.69, 9.17) is 19.7 Å². The Kier molecular flexibility index (Phi) is 9.40. The molecule has 8 nitrogen and oxygen atoms in total. The number of ether oxygens (including phenoxy) is 3. The van der Waals surface area contributed by atoms with Crippen molar-refractivity contribution in [2.75, 3.05) is 13.2 Å². The fourth-order valence-electron chi connectivity index (χ4n) is 3.32. The van der Waals surface area contributed by atoms with Gasteiger partial charge in [-0.25, -0.2) is 4.79 Å². The molecule has 0 aliphatic carbocycles. The zero-order chi connectivity index (χ0) is 22.8. The summed E-state index contributed by atoms with van der Waals surface area (Å²) in [5.74, 6) is -0.518. The number of hydrogen-bond donors (Lipinski definition) is 1. The van der Waals surface area contributed by atoms with Crippen molar-refractivity contribution in [3.05, 3.63) is 76.7 Å². The topological polar surface area (TPSA) is 114 Å². The first-order chi connectivity index (χ1) is 15.6. The van der Waals surface area contributed by atoms with Crippen LogP contribution in [0.25, 0.3) is 10.4 Å². The molecule has 0 bridgehead atoms. The van der Waals surface area contributed by atoms with E-state index in [1.54, 1.807) is 30.3 Å². The van der Waals surface area contributed by atoms with Gasteiger partial charge in [0, 0.05) is 16.4 Å². The fourth-order valence-corrected chi connectivity index (χ4v) is 4.48. The number of hydrogen-bond acceptors (Lipinski definition) is 7. The molecule has 9 heteroatoms. The number of carbonyl (C=O) groups excluding carboxylic acids is 1. The van der Waals surface area contributed by atoms with Crippen molar-refractivity contribution in [3.63, 3.8) is 0 Å². The fraction of sp³-hybridized carbons (Fsp3) is 0.435. The number of azide groups is 1. The van der Waals surface area contributed by atoms with Gasteiger partial charge in [0.05, 0.1) is 17.7 Å². The molecule has 1 saturated heterocycles. The average molecular weight is 458 g/mol. The highest BCUT2D eigenvalue weighted by atomic mass is 32.2. The normalized spacial score (nSPS) is 25.0. The van der Waals surface area contributed by atoms with E-state index in [1.807, 2.05) is 37.3 Å². The summed E-state index contributed by atoms with van der Waals surface area (Å²) in [6, 6.07) is 17.3. The molecule has 170 valence electrons. The Morgan fingerprint density at radius 1 is 1.19 bits per heavy atom. The maximum Gasteiger partial charge on any atom is 0.338 e. The first-order valence-corrected chi connectivity index (χ1v) is 11.4. The van der Waals surface area contributed by atoms with Crippen molar-refractivity contribution < 1.29 is 24.1 Å². The number of aliphatic hydroxyl groups is 1. The van der Waals surface area contributed by atoms with Gasteiger partial charge in [-0.2, -0.15) is 0 Å². The number of aliphatic hydroxyl groups excluding tert-OH is 1. The third kappa shape index (κ3) is 6.48. The van der Waals surface area contributed by atoms with E-state index in [1.165, 1.54) is 11.8 Å². The lowest BCUT2D eigenvalue weighted by Crippen LogP contribution is -2.58. The maximum atomic E-state index is 12.3. The summed E-state index contributed by atoms with van der Waals surface area (Å²) in [6.07, 6.45) is -0.939. The second-order valence-electron chi connectivity index (χ2n) is 7.31. The molecule has 2 aromatic carbocycles. The van der Waals surface area contributed by atoms with Gasteiger partial charge in [0.1, 0.15) is 24.3 Å². The van der Waals surface area contributed by atoms with Crippen molar-refractivity contribution in [2.24, 2.45) is 5.11 Å². The molecule has 1 aliphatic rings. The monoisotopic (exact) mass is 457 g/mol. The van der Waals surface area contributed by atoms with Gasteiger partial charge in [-0.3, -0.25) is 0 Å². The highest BCUT2D eigenvalue weighted by Gasteiger charge is 2.46. The van der Waals surface area contributed by atoms with Crippen LogP contribution in [0, 0.1) is 0 Å². The minimum absolute atomic E-state index is 0.181. The Bertz CT molecular complexity index is 895. The molecule has 2 unspecified atom stereocenters. The molecule has 0 aromatic heterocycles. The standard InChI is InChI=1S/C23H27N3O5S/c1-2-3-14-29-21-19(25-26-24)20(27)18(15-30-22(28)16-10-6-4-7-11-16)31-23(21)32-17-12-8-5-9-13-17/h4-13,18-21,23,27H,2-3,14-15H2,1H3/t18?,19-,20-,21?,23+/m0/s1. The van der Waals surface area contributed by atoms with E-state index in [-0.39, 0.29) is 6.61 Å². The molecule has 1 aliphatic heterocycles. The summed E-state index contributed by atoms with van der Waals surface area (Å²) in [4.78, 5) is 16.2. The Hall–Kier alpha value is -2.55. The SMILES string of the molecule is CCCCOC1[C@@H](Sc2ccccc2)OC(COC(=O)c2ccccc2)[C@H](O)[C@@H]1N=[N+]=[N-]. The Labute approximate surface area is 191 Å². The second kappa shape index (κ2) is 12.5. The molecule has 0 radical (unpaired) electrons. The van der Waals surface area contributed by atoms with Crippen LogP contribution in [0.3, 0.4) is 0 Å². The average Bonchev–Trinajstić information content (AvgIpc) is 2.83. The van der Waals surface area contributed by atoms with Gasteiger partial charge < -0.3 is 19.3 Å². The molecule has 3 rings (SSSR count). The molecule has 0 amide bonds. The zero-order valence-electron chi connectivity index (χ0n) is 17.8. The van der Waals surface area contributed by atoms with Gasteiger partial charge in [-0.05, 0) is 36.2 Å². The molecule has 32 heavy (non-hydrogen) atoms. The summed E-state index contributed by atoms with van der Waals surface area (Å²) < 4.78 is 17.5. The molecule has 1 heterocycles. The highest BCUT2D eigenvalue weighted by molar-refractivity contribution is 7.99. The Morgan fingerprint density at radius 3 is 2.53 bits per heavy atom. The van der Waals surface area contributed by atoms with Gasteiger partial charge in [0.15, 0.2) is 0 Å². The summed E-state index contributed by atoms with van der Waals surface area (Å²) in [5, 5.41) is 14.7. The molecule has 1 fully saturated rings. The van der Waals surface area contributed by atoms with Crippen LogP contribution in [-0.2, 0) is 14.2 Å². The molecule has 1 N–H and O–H groups in total. The van der Waals surface area contributed by atoms with E-state index >= 15 is 0 Å². The number of esters is 1. The number of rotatable bonds is 10. The second-order valence-corrected chi connectivity index (χ2v) is 8.49. The number of carbonyl (C=O) groups is 1. The molecular formula is C23H27N3O5S. The highest BCUT2D eigenvalue weighted by Crippen LogP contribution is 2.36. The van der Waals surface area contributed by atoms with E-state index in [0.29, 0.717) is 12.2 Å². The Balaban J connectivity index is 1.77. The lowest BCUT2D eigenvalue weighted by atomic mass is 9.98. The van der Waals surface area contributed by atoms with Crippen molar-refractivity contribution in [1.82, 2.24) is 0 Å². The van der Waals surface area contributed by atoms with Crippen molar-refractivity contribution in [3.8, 4) is 0 Å². The predicted molar refractivity (Wildman–Crippen MR) is 121 cm³/mol. The van der Waals surface area contributed by atoms with E-state index < -0.39 is 35.8 Å². The summed E-state index contributed by atoms with van der Waals surface area (Å²) in [6.45, 7) is 2.32. The minimum Gasteiger partial charge on any atom is -0.459 e. The van der Waals surface area contributed by atoms with Crippen LogP contribution in [0.5, 0.6) is 0 Å². The quantitative estimate of drug-likeness (QED) is 0.184. The van der Waals surface area contributed by atoms with Gasteiger partial charge >= 0.3 is 5.97 Å². The van der Waals surface area contributed by atoms with Crippen LogP contribution in [0.1, 0.15) is 30.1 Å². The van der Waals surface area contributed by atoms with Crippen LogP contribution in [-0.4, -0.2) is 54.1 Å². The van der Waals surface area contributed by atoms with Gasteiger partial charge in [0.25, 0.3) is 0 Å². The van der Waals surface area contributed by atoms with Crippen LogP contribution >= 0.6 is 11.8 Å². The largest absolute Gasteiger partial charge is 0.459 e.